The van der Waals surface area contributed by atoms with Crippen molar-refractivity contribution in [3.8, 4) is 5.88 Å². The maximum atomic E-state index is 5.53. The van der Waals surface area contributed by atoms with E-state index in [1.807, 2.05) is 19.1 Å². The summed E-state index contributed by atoms with van der Waals surface area (Å²) < 4.78 is 7.85. The molecule has 2 rings (SSSR count). The van der Waals surface area contributed by atoms with Gasteiger partial charge in [-0.3, -0.25) is 0 Å². The molecule has 0 saturated heterocycles. The molecule has 0 radical (unpaired) electrons. The summed E-state index contributed by atoms with van der Waals surface area (Å²) in [6.07, 6.45) is 1.75. The average Bonchev–Trinajstić information content (AvgIpc) is 2.72. The predicted octanol–water partition coefficient (Wildman–Crippen LogP) is 3.53. The van der Waals surface area contributed by atoms with Crippen LogP contribution in [0.2, 0.25) is 0 Å². The largest absolute Gasteiger partial charge is 0.476 e. The van der Waals surface area contributed by atoms with Crippen molar-refractivity contribution in [1.82, 2.24) is 9.55 Å². The highest BCUT2D eigenvalue weighted by Gasteiger charge is 2.09. The van der Waals surface area contributed by atoms with Crippen molar-refractivity contribution in [3.05, 3.63) is 41.3 Å². The van der Waals surface area contributed by atoms with E-state index < -0.39 is 0 Å². The minimum Gasteiger partial charge on any atom is -0.476 e. The zero-order chi connectivity index (χ0) is 14.5. The number of anilines is 1. The molecule has 4 heteroatoms. The molecule has 0 bridgehead atoms. The summed E-state index contributed by atoms with van der Waals surface area (Å²) in [5, 5.41) is 3.42. The second-order valence-corrected chi connectivity index (χ2v) is 4.78. The summed E-state index contributed by atoms with van der Waals surface area (Å²) in [6, 6.07) is 6.15. The molecule has 2 heterocycles. The van der Waals surface area contributed by atoms with E-state index >= 15 is 0 Å². The molecule has 0 saturated carbocycles. The number of nitrogens with zero attached hydrogens (tertiary/aromatic N) is 2. The molecular weight excluding hydrogens is 250 g/mol. The molecule has 20 heavy (non-hydrogen) atoms. The highest BCUT2D eigenvalue weighted by Crippen LogP contribution is 2.22. The van der Waals surface area contributed by atoms with Crippen LogP contribution in [-0.4, -0.2) is 16.2 Å². The highest BCUT2D eigenvalue weighted by atomic mass is 16.5. The van der Waals surface area contributed by atoms with Gasteiger partial charge < -0.3 is 14.6 Å². The number of hydrogen-bond donors (Lipinski definition) is 1. The lowest BCUT2D eigenvalue weighted by molar-refractivity contribution is 0.328. The number of pyridine rings is 1. The Balaban J connectivity index is 2.13. The van der Waals surface area contributed by atoms with E-state index in [9.17, 15) is 0 Å². The fourth-order valence-electron chi connectivity index (χ4n) is 2.51. The van der Waals surface area contributed by atoms with Gasteiger partial charge in [0.25, 0.3) is 0 Å². The molecule has 0 aliphatic heterocycles. The Morgan fingerprint density at radius 3 is 2.75 bits per heavy atom. The van der Waals surface area contributed by atoms with Crippen LogP contribution in [0.15, 0.2) is 24.4 Å². The lowest BCUT2D eigenvalue weighted by atomic mass is 10.2. The molecule has 0 atom stereocenters. The van der Waals surface area contributed by atoms with Gasteiger partial charge in [0.1, 0.15) is 0 Å². The minimum atomic E-state index is 0.621. The molecule has 0 unspecified atom stereocenters. The smallest absolute Gasteiger partial charge is 0.237 e. The predicted molar refractivity (Wildman–Crippen MR) is 82.3 cm³/mol. The Morgan fingerprint density at radius 2 is 2.10 bits per heavy atom. The molecule has 0 spiro atoms. The van der Waals surface area contributed by atoms with E-state index in [4.69, 9.17) is 4.74 Å². The molecule has 2 aromatic heterocycles. The first-order valence-corrected chi connectivity index (χ1v) is 7.14. The second kappa shape index (κ2) is 6.46. The topological polar surface area (TPSA) is 39.1 Å². The minimum absolute atomic E-state index is 0.621. The third-order valence-corrected chi connectivity index (χ3v) is 3.52. The van der Waals surface area contributed by atoms with Gasteiger partial charge in [-0.1, -0.05) is 0 Å². The third kappa shape index (κ3) is 2.95. The molecular formula is C16H23N3O. The second-order valence-electron chi connectivity index (χ2n) is 4.78. The maximum Gasteiger partial charge on any atom is 0.237 e. The third-order valence-electron chi connectivity index (χ3n) is 3.52. The van der Waals surface area contributed by atoms with Gasteiger partial charge in [0.2, 0.25) is 5.88 Å². The first kappa shape index (κ1) is 14.4. The molecule has 108 valence electrons. The van der Waals surface area contributed by atoms with Crippen LogP contribution in [0.4, 0.5) is 5.69 Å². The number of aryl methyl sites for hydroxylation is 1. The molecule has 2 aromatic rings. The summed E-state index contributed by atoms with van der Waals surface area (Å²) in [7, 11) is 0. The van der Waals surface area contributed by atoms with Crippen molar-refractivity contribution in [3.63, 3.8) is 0 Å². The molecule has 0 aliphatic rings. The number of rotatable bonds is 6. The Hall–Kier alpha value is -1.97. The highest BCUT2D eigenvalue weighted by molar-refractivity contribution is 5.52. The number of hydrogen-bond acceptors (Lipinski definition) is 3. The van der Waals surface area contributed by atoms with Crippen LogP contribution < -0.4 is 10.1 Å². The summed E-state index contributed by atoms with van der Waals surface area (Å²) in [6.45, 7) is 10.9. The first-order valence-electron chi connectivity index (χ1n) is 7.14. The first-order chi connectivity index (χ1) is 9.67. The standard InChI is InChI=1S/C16H23N3O/c1-5-19-12(3)10-14(13(19)4)11-18-15-8-7-9-17-16(15)20-6-2/h7-10,18H,5-6,11H2,1-4H3. The number of ether oxygens (including phenoxy) is 1. The van der Waals surface area contributed by atoms with Crippen molar-refractivity contribution in [1.29, 1.82) is 0 Å². The monoisotopic (exact) mass is 273 g/mol. The van der Waals surface area contributed by atoms with E-state index in [1.165, 1.54) is 17.0 Å². The van der Waals surface area contributed by atoms with Crippen LogP contribution in [0.3, 0.4) is 0 Å². The Bertz CT molecular complexity index is 575. The van der Waals surface area contributed by atoms with Gasteiger partial charge >= 0.3 is 0 Å². The summed E-state index contributed by atoms with van der Waals surface area (Å²) in [4.78, 5) is 4.25. The van der Waals surface area contributed by atoms with Gasteiger partial charge in [-0.05, 0) is 51.5 Å². The van der Waals surface area contributed by atoms with Crippen molar-refractivity contribution in [2.24, 2.45) is 0 Å². The van der Waals surface area contributed by atoms with Crippen LogP contribution in [0.1, 0.15) is 30.8 Å². The molecule has 0 aromatic carbocycles. The van der Waals surface area contributed by atoms with E-state index in [0.29, 0.717) is 12.5 Å². The number of aromatic nitrogens is 2. The Morgan fingerprint density at radius 1 is 1.30 bits per heavy atom. The zero-order valence-electron chi connectivity index (χ0n) is 12.7. The SMILES string of the molecule is CCOc1ncccc1NCc1cc(C)n(CC)c1C. The molecule has 0 fully saturated rings. The van der Waals surface area contributed by atoms with Crippen LogP contribution >= 0.6 is 0 Å². The van der Waals surface area contributed by atoms with Crippen LogP contribution in [-0.2, 0) is 13.1 Å². The van der Waals surface area contributed by atoms with Crippen LogP contribution in [0.5, 0.6) is 5.88 Å². The van der Waals surface area contributed by atoms with Crippen molar-refractivity contribution >= 4 is 5.69 Å². The fourth-order valence-corrected chi connectivity index (χ4v) is 2.51. The Labute approximate surface area is 120 Å². The lowest BCUT2D eigenvalue weighted by Crippen LogP contribution is -2.05. The van der Waals surface area contributed by atoms with Gasteiger partial charge in [-0.15, -0.1) is 0 Å². The average molecular weight is 273 g/mol. The molecule has 4 nitrogen and oxygen atoms in total. The summed E-state index contributed by atoms with van der Waals surface area (Å²) in [5.41, 5.74) is 4.88. The zero-order valence-corrected chi connectivity index (χ0v) is 12.7. The fraction of sp³-hybridized carbons (Fsp3) is 0.438. The van der Waals surface area contributed by atoms with E-state index in [-0.39, 0.29) is 0 Å². The lowest BCUT2D eigenvalue weighted by Gasteiger charge is -2.11. The molecule has 1 N–H and O–H groups in total. The van der Waals surface area contributed by atoms with E-state index in [1.54, 1.807) is 6.20 Å². The van der Waals surface area contributed by atoms with Gasteiger partial charge in [-0.25, -0.2) is 4.98 Å². The van der Waals surface area contributed by atoms with Gasteiger partial charge in [-0.2, -0.15) is 0 Å². The molecule has 0 aliphatic carbocycles. The van der Waals surface area contributed by atoms with Gasteiger partial charge in [0.15, 0.2) is 0 Å². The summed E-state index contributed by atoms with van der Waals surface area (Å²) >= 11 is 0. The van der Waals surface area contributed by atoms with Crippen LogP contribution in [0.25, 0.3) is 0 Å². The number of nitrogens with one attached hydrogen (secondary N) is 1. The molecule has 0 amide bonds. The maximum absolute atomic E-state index is 5.53. The normalized spacial score (nSPS) is 10.6. The van der Waals surface area contributed by atoms with Gasteiger partial charge in [0.05, 0.1) is 12.3 Å². The van der Waals surface area contributed by atoms with Crippen molar-refractivity contribution in [2.75, 3.05) is 11.9 Å². The van der Waals surface area contributed by atoms with Crippen molar-refractivity contribution in [2.45, 2.75) is 40.8 Å². The van der Waals surface area contributed by atoms with E-state index in [2.05, 4.69) is 41.7 Å². The quantitative estimate of drug-likeness (QED) is 0.875. The Kier molecular flexibility index (Phi) is 4.66. The summed E-state index contributed by atoms with van der Waals surface area (Å²) in [5.74, 6) is 0.666. The van der Waals surface area contributed by atoms with E-state index in [0.717, 1.165) is 18.8 Å². The van der Waals surface area contributed by atoms with Crippen LogP contribution in [0, 0.1) is 13.8 Å². The van der Waals surface area contributed by atoms with Crippen molar-refractivity contribution < 1.29 is 4.74 Å². The van der Waals surface area contributed by atoms with Gasteiger partial charge in [0, 0.05) is 30.7 Å².